The molecule has 2 aromatic rings. The molecule has 1 aromatic heterocycles. The second kappa shape index (κ2) is 4.18. The summed E-state index contributed by atoms with van der Waals surface area (Å²) >= 11 is 0. The minimum atomic E-state index is -0.951. The number of aromatic nitrogens is 1. The number of carbonyl (C=O) groups is 1. The Labute approximate surface area is 92.5 Å². The number of rotatable bonds is 3. The molecule has 0 saturated heterocycles. The van der Waals surface area contributed by atoms with Crippen LogP contribution in [0.1, 0.15) is 17.3 Å². The summed E-state index contributed by atoms with van der Waals surface area (Å²) in [5.74, 6) is -0.476. The molecule has 2 rings (SSSR count). The number of benzene rings is 1. The van der Waals surface area contributed by atoms with Gasteiger partial charge in [0.25, 0.3) is 0 Å². The lowest BCUT2D eigenvalue weighted by Gasteiger charge is -2.06. The fourth-order valence-electron chi connectivity index (χ4n) is 1.53. The first-order chi connectivity index (χ1) is 7.72. The van der Waals surface area contributed by atoms with Crippen molar-refractivity contribution in [2.24, 2.45) is 0 Å². The highest BCUT2D eigenvalue weighted by atomic mass is 16.5. The van der Waals surface area contributed by atoms with E-state index in [-0.39, 0.29) is 5.56 Å². The summed E-state index contributed by atoms with van der Waals surface area (Å²) < 4.78 is 5.35. The zero-order valence-electron chi connectivity index (χ0n) is 8.80. The molecule has 4 nitrogen and oxygen atoms in total. The van der Waals surface area contributed by atoms with E-state index in [2.05, 4.69) is 4.98 Å². The molecule has 0 aliphatic heterocycles. The number of carboxylic acids is 1. The molecule has 0 fully saturated rings. The van der Waals surface area contributed by atoms with Crippen LogP contribution in [0.25, 0.3) is 10.8 Å². The van der Waals surface area contributed by atoms with Crippen LogP contribution in [0.4, 0.5) is 0 Å². The number of aromatic carboxylic acids is 1. The third kappa shape index (κ3) is 1.82. The summed E-state index contributed by atoms with van der Waals surface area (Å²) in [5.41, 5.74) is 0.237. The molecule has 0 radical (unpaired) electrons. The monoisotopic (exact) mass is 217 g/mol. The van der Waals surface area contributed by atoms with Gasteiger partial charge in [0, 0.05) is 11.6 Å². The first kappa shape index (κ1) is 10.4. The van der Waals surface area contributed by atoms with Gasteiger partial charge in [-0.05, 0) is 30.5 Å². The van der Waals surface area contributed by atoms with E-state index < -0.39 is 5.97 Å². The third-order valence-corrected chi connectivity index (χ3v) is 2.26. The van der Waals surface area contributed by atoms with Crippen LogP contribution in [-0.4, -0.2) is 22.7 Å². The molecule has 0 saturated carbocycles. The van der Waals surface area contributed by atoms with Gasteiger partial charge in [-0.25, -0.2) is 9.78 Å². The van der Waals surface area contributed by atoms with Crippen molar-refractivity contribution in [3.8, 4) is 5.88 Å². The topological polar surface area (TPSA) is 59.4 Å². The SMILES string of the molecule is CCOc1nccc2ccc(C(=O)O)cc12. The van der Waals surface area contributed by atoms with Gasteiger partial charge in [-0.15, -0.1) is 0 Å². The zero-order chi connectivity index (χ0) is 11.5. The first-order valence-corrected chi connectivity index (χ1v) is 4.97. The van der Waals surface area contributed by atoms with Gasteiger partial charge in [-0.2, -0.15) is 0 Å². The van der Waals surface area contributed by atoms with Crippen LogP contribution < -0.4 is 4.74 Å². The van der Waals surface area contributed by atoms with Gasteiger partial charge in [0.2, 0.25) is 5.88 Å². The molecule has 0 bridgehead atoms. The molecule has 0 aliphatic rings. The Hall–Kier alpha value is -2.10. The smallest absolute Gasteiger partial charge is 0.335 e. The van der Waals surface area contributed by atoms with Crippen molar-refractivity contribution < 1.29 is 14.6 Å². The molecule has 0 amide bonds. The van der Waals surface area contributed by atoms with E-state index in [4.69, 9.17) is 9.84 Å². The van der Waals surface area contributed by atoms with Crippen LogP contribution in [-0.2, 0) is 0 Å². The Morgan fingerprint density at radius 3 is 2.94 bits per heavy atom. The van der Waals surface area contributed by atoms with E-state index in [1.165, 1.54) is 0 Å². The second-order valence-electron chi connectivity index (χ2n) is 3.29. The van der Waals surface area contributed by atoms with Crippen molar-refractivity contribution in [1.82, 2.24) is 4.98 Å². The summed E-state index contributed by atoms with van der Waals surface area (Å²) in [6.07, 6.45) is 1.65. The largest absolute Gasteiger partial charge is 0.478 e. The molecule has 4 heteroatoms. The number of fused-ring (bicyclic) bond motifs is 1. The van der Waals surface area contributed by atoms with Crippen LogP contribution in [0.3, 0.4) is 0 Å². The number of carboxylic acid groups (broad SMARTS) is 1. The van der Waals surface area contributed by atoms with E-state index in [0.29, 0.717) is 12.5 Å². The van der Waals surface area contributed by atoms with Gasteiger partial charge in [-0.3, -0.25) is 0 Å². The fourth-order valence-corrected chi connectivity index (χ4v) is 1.53. The van der Waals surface area contributed by atoms with Crippen LogP contribution in [0, 0.1) is 0 Å². The van der Waals surface area contributed by atoms with E-state index in [0.717, 1.165) is 10.8 Å². The minimum absolute atomic E-state index is 0.237. The van der Waals surface area contributed by atoms with Crippen molar-refractivity contribution in [1.29, 1.82) is 0 Å². The highest BCUT2D eigenvalue weighted by Gasteiger charge is 2.07. The van der Waals surface area contributed by atoms with E-state index >= 15 is 0 Å². The number of hydrogen-bond donors (Lipinski definition) is 1. The molecule has 0 spiro atoms. The van der Waals surface area contributed by atoms with E-state index in [1.807, 2.05) is 13.0 Å². The standard InChI is InChI=1S/C12H11NO3/c1-2-16-11-10-7-9(12(14)15)4-3-8(10)5-6-13-11/h3-7H,2H2,1H3,(H,14,15). The molecule has 16 heavy (non-hydrogen) atoms. The van der Waals surface area contributed by atoms with Crippen molar-refractivity contribution >= 4 is 16.7 Å². The van der Waals surface area contributed by atoms with Crippen molar-refractivity contribution in [2.75, 3.05) is 6.61 Å². The predicted octanol–water partition coefficient (Wildman–Crippen LogP) is 2.33. The summed E-state index contributed by atoms with van der Waals surface area (Å²) in [6, 6.07) is 6.72. The van der Waals surface area contributed by atoms with Crippen molar-refractivity contribution in [3.63, 3.8) is 0 Å². The predicted molar refractivity (Wildman–Crippen MR) is 59.9 cm³/mol. The van der Waals surface area contributed by atoms with Crippen molar-refractivity contribution in [3.05, 3.63) is 36.0 Å². The van der Waals surface area contributed by atoms with Gasteiger partial charge >= 0.3 is 5.97 Å². The van der Waals surface area contributed by atoms with E-state index in [1.54, 1.807) is 24.4 Å². The van der Waals surface area contributed by atoms with Crippen LogP contribution in [0.15, 0.2) is 30.5 Å². The van der Waals surface area contributed by atoms with Crippen LogP contribution >= 0.6 is 0 Å². The summed E-state index contributed by atoms with van der Waals surface area (Å²) in [7, 11) is 0. The van der Waals surface area contributed by atoms with Gasteiger partial charge in [-0.1, -0.05) is 6.07 Å². The van der Waals surface area contributed by atoms with Gasteiger partial charge in [0.15, 0.2) is 0 Å². The number of ether oxygens (including phenoxy) is 1. The molecular weight excluding hydrogens is 206 g/mol. The summed E-state index contributed by atoms with van der Waals surface area (Å²) in [4.78, 5) is 14.9. The third-order valence-electron chi connectivity index (χ3n) is 2.26. The highest BCUT2D eigenvalue weighted by Crippen LogP contribution is 2.24. The Morgan fingerprint density at radius 1 is 1.44 bits per heavy atom. The zero-order valence-corrected chi connectivity index (χ0v) is 8.80. The van der Waals surface area contributed by atoms with Crippen molar-refractivity contribution in [2.45, 2.75) is 6.92 Å². The van der Waals surface area contributed by atoms with Gasteiger partial charge in [0.05, 0.1) is 12.2 Å². The highest BCUT2D eigenvalue weighted by molar-refractivity contribution is 5.96. The quantitative estimate of drug-likeness (QED) is 0.857. The Kier molecular flexibility index (Phi) is 2.72. The maximum atomic E-state index is 10.9. The summed E-state index contributed by atoms with van der Waals surface area (Å²) in [6.45, 7) is 2.37. The maximum absolute atomic E-state index is 10.9. The molecule has 0 aliphatic carbocycles. The Balaban J connectivity index is 2.63. The van der Waals surface area contributed by atoms with Crippen LogP contribution in [0.2, 0.25) is 0 Å². The lowest BCUT2D eigenvalue weighted by Crippen LogP contribution is -1.98. The number of pyridine rings is 1. The molecular formula is C12H11NO3. The van der Waals surface area contributed by atoms with Gasteiger partial charge < -0.3 is 9.84 Å². The number of nitrogens with zero attached hydrogens (tertiary/aromatic N) is 1. The molecule has 1 N–H and O–H groups in total. The second-order valence-corrected chi connectivity index (χ2v) is 3.29. The normalized spacial score (nSPS) is 10.3. The molecule has 0 unspecified atom stereocenters. The minimum Gasteiger partial charge on any atom is -0.478 e. The Bertz CT molecular complexity index is 537. The summed E-state index contributed by atoms with van der Waals surface area (Å²) in [5, 5.41) is 10.5. The molecule has 82 valence electrons. The molecule has 1 heterocycles. The van der Waals surface area contributed by atoms with Gasteiger partial charge in [0.1, 0.15) is 0 Å². The maximum Gasteiger partial charge on any atom is 0.335 e. The lowest BCUT2D eigenvalue weighted by molar-refractivity contribution is 0.0697. The van der Waals surface area contributed by atoms with E-state index in [9.17, 15) is 4.79 Å². The van der Waals surface area contributed by atoms with Crippen LogP contribution in [0.5, 0.6) is 5.88 Å². The average molecular weight is 217 g/mol. The number of hydrogen-bond acceptors (Lipinski definition) is 3. The fraction of sp³-hybridized carbons (Fsp3) is 0.167. The first-order valence-electron chi connectivity index (χ1n) is 4.97. The lowest BCUT2D eigenvalue weighted by atomic mass is 10.1. The molecule has 1 aromatic carbocycles. The Morgan fingerprint density at radius 2 is 2.25 bits per heavy atom. The average Bonchev–Trinajstić information content (AvgIpc) is 2.29. The molecule has 0 atom stereocenters.